The number of benzene rings is 2. The number of nitro groups is 1. The van der Waals surface area contributed by atoms with Crippen molar-refractivity contribution in [1.29, 1.82) is 0 Å². The zero-order valence-corrected chi connectivity index (χ0v) is 14.1. The SMILES string of the molecule is O=C1C(=O)c2ccccc2C(O)=C1[C@@H](C[N+](=O)[O-])c1ccc(C(F)(F)F)cc1. The van der Waals surface area contributed by atoms with Gasteiger partial charge in [-0.05, 0) is 17.7 Å². The molecule has 1 atom stereocenters. The van der Waals surface area contributed by atoms with Crippen molar-refractivity contribution in [3.05, 3.63) is 86.5 Å². The molecular formula is C19H12F3NO5. The van der Waals surface area contributed by atoms with E-state index in [1.165, 1.54) is 24.3 Å². The highest BCUT2D eigenvalue weighted by atomic mass is 19.4. The van der Waals surface area contributed by atoms with Crippen LogP contribution in [0.15, 0.2) is 54.1 Å². The lowest BCUT2D eigenvalue weighted by Gasteiger charge is -2.23. The van der Waals surface area contributed by atoms with Crippen molar-refractivity contribution in [3.63, 3.8) is 0 Å². The lowest BCUT2D eigenvalue weighted by Crippen LogP contribution is -2.30. The Morgan fingerprint density at radius 3 is 2.07 bits per heavy atom. The minimum absolute atomic E-state index is 0.00628. The van der Waals surface area contributed by atoms with E-state index in [2.05, 4.69) is 0 Å². The van der Waals surface area contributed by atoms with Crippen LogP contribution in [-0.4, -0.2) is 28.1 Å². The summed E-state index contributed by atoms with van der Waals surface area (Å²) in [6.45, 7) is -0.883. The van der Waals surface area contributed by atoms with Gasteiger partial charge < -0.3 is 5.11 Å². The van der Waals surface area contributed by atoms with Crippen LogP contribution in [0.1, 0.15) is 33.0 Å². The highest BCUT2D eigenvalue weighted by Crippen LogP contribution is 2.37. The Morgan fingerprint density at radius 1 is 0.964 bits per heavy atom. The first-order chi connectivity index (χ1) is 13.1. The number of ketones is 2. The van der Waals surface area contributed by atoms with E-state index in [1.54, 1.807) is 0 Å². The second-order valence-electron chi connectivity index (χ2n) is 6.15. The molecule has 28 heavy (non-hydrogen) atoms. The molecule has 0 fully saturated rings. The summed E-state index contributed by atoms with van der Waals surface area (Å²) < 4.78 is 38.3. The summed E-state index contributed by atoms with van der Waals surface area (Å²) in [5.74, 6) is -4.04. The van der Waals surface area contributed by atoms with Crippen LogP contribution in [0.25, 0.3) is 5.76 Å². The maximum atomic E-state index is 12.8. The Hall–Kier alpha value is -3.49. The molecule has 0 spiro atoms. The molecule has 0 radical (unpaired) electrons. The average Bonchev–Trinajstić information content (AvgIpc) is 2.65. The predicted molar refractivity (Wildman–Crippen MR) is 91.4 cm³/mol. The Labute approximate surface area is 156 Å². The summed E-state index contributed by atoms with van der Waals surface area (Å²) in [5.41, 5.74) is -1.46. The number of alkyl halides is 3. The lowest BCUT2D eigenvalue weighted by molar-refractivity contribution is -0.481. The molecule has 0 bridgehead atoms. The van der Waals surface area contributed by atoms with E-state index in [-0.39, 0.29) is 16.7 Å². The lowest BCUT2D eigenvalue weighted by atomic mass is 9.79. The molecule has 0 aliphatic heterocycles. The molecule has 0 heterocycles. The van der Waals surface area contributed by atoms with Crippen LogP contribution >= 0.6 is 0 Å². The van der Waals surface area contributed by atoms with E-state index >= 15 is 0 Å². The molecule has 0 aromatic heterocycles. The van der Waals surface area contributed by atoms with Gasteiger partial charge >= 0.3 is 6.18 Å². The van der Waals surface area contributed by atoms with Crippen LogP contribution in [0.2, 0.25) is 0 Å². The first-order valence-electron chi connectivity index (χ1n) is 8.01. The standard InChI is InChI=1S/C19H12F3NO5/c20-19(21,22)11-7-5-10(6-8-11)14(9-23(27)28)15-16(24)12-3-1-2-4-13(12)17(25)18(15)26/h1-8,14,24H,9H2/t14-/m0/s1. The normalized spacial score (nSPS) is 15.4. The number of Topliss-reactive ketones (excluding diaryl/α,β-unsaturated/α-hetero) is 2. The van der Waals surface area contributed by atoms with Gasteiger partial charge in [-0.1, -0.05) is 36.4 Å². The van der Waals surface area contributed by atoms with E-state index < -0.39 is 52.0 Å². The first kappa shape index (κ1) is 19.3. The zero-order chi connectivity index (χ0) is 20.6. The van der Waals surface area contributed by atoms with Crippen LogP contribution in [0.5, 0.6) is 0 Å². The van der Waals surface area contributed by atoms with Crippen LogP contribution in [-0.2, 0) is 11.0 Å². The van der Waals surface area contributed by atoms with Gasteiger partial charge in [0.05, 0.1) is 17.1 Å². The molecule has 2 aromatic carbocycles. The highest BCUT2D eigenvalue weighted by Gasteiger charge is 2.39. The number of rotatable bonds is 4. The number of aliphatic hydroxyl groups is 1. The summed E-state index contributed by atoms with van der Waals surface area (Å²) >= 11 is 0. The summed E-state index contributed by atoms with van der Waals surface area (Å²) in [6, 6.07) is 9.16. The molecule has 1 N–H and O–H groups in total. The third kappa shape index (κ3) is 3.38. The van der Waals surface area contributed by atoms with Gasteiger partial charge in [0.1, 0.15) is 5.76 Å². The van der Waals surface area contributed by atoms with Gasteiger partial charge in [0, 0.05) is 16.1 Å². The van der Waals surface area contributed by atoms with Gasteiger partial charge in [0.15, 0.2) is 0 Å². The Balaban J connectivity index is 2.16. The Kier molecular flexibility index (Phi) is 4.76. The molecule has 144 valence electrons. The minimum Gasteiger partial charge on any atom is -0.507 e. The summed E-state index contributed by atoms with van der Waals surface area (Å²) in [6.07, 6.45) is -4.60. The molecule has 6 nitrogen and oxygen atoms in total. The van der Waals surface area contributed by atoms with E-state index in [9.17, 15) is 38.0 Å². The molecule has 1 aliphatic carbocycles. The maximum absolute atomic E-state index is 12.8. The van der Waals surface area contributed by atoms with Crippen molar-refractivity contribution < 1.29 is 32.8 Å². The summed E-state index contributed by atoms with van der Waals surface area (Å²) in [5, 5.41) is 21.7. The largest absolute Gasteiger partial charge is 0.507 e. The highest BCUT2D eigenvalue weighted by molar-refractivity contribution is 6.52. The van der Waals surface area contributed by atoms with Crippen LogP contribution in [0.4, 0.5) is 13.2 Å². The minimum atomic E-state index is -4.60. The van der Waals surface area contributed by atoms with Crippen LogP contribution in [0.3, 0.4) is 0 Å². The number of fused-ring (bicyclic) bond motifs is 1. The fraction of sp³-hybridized carbons (Fsp3) is 0.158. The van der Waals surface area contributed by atoms with Crippen molar-refractivity contribution in [2.24, 2.45) is 0 Å². The van der Waals surface area contributed by atoms with Crippen molar-refractivity contribution in [3.8, 4) is 0 Å². The summed E-state index contributed by atoms with van der Waals surface area (Å²) in [7, 11) is 0. The molecule has 2 aromatic rings. The van der Waals surface area contributed by atoms with Gasteiger partial charge in [-0.3, -0.25) is 19.7 Å². The quantitative estimate of drug-likeness (QED) is 0.486. The number of aliphatic hydroxyl groups excluding tert-OH is 1. The third-order valence-corrected chi connectivity index (χ3v) is 4.45. The predicted octanol–water partition coefficient (Wildman–Crippen LogP) is 3.80. The first-order valence-corrected chi connectivity index (χ1v) is 8.01. The van der Waals surface area contributed by atoms with E-state index in [0.717, 1.165) is 24.3 Å². The van der Waals surface area contributed by atoms with Crippen LogP contribution < -0.4 is 0 Å². The third-order valence-electron chi connectivity index (χ3n) is 4.45. The van der Waals surface area contributed by atoms with Crippen molar-refractivity contribution in [1.82, 2.24) is 0 Å². The molecule has 0 saturated heterocycles. The molecule has 0 saturated carbocycles. The van der Waals surface area contributed by atoms with Gasteiger partial charge in [-0.2, -0.15) is 13.2 Å². The molecule has 0 unspecified atom stereocenters. The molecular weight excluding hydrogens is 379 g/mol. The smallest absolute Gasteiger partial charge is 0.416 e. The second-order valence-corrected chi connectivity index (χ2v) is 6.15. The number of nitrogens with zero attached hydrogens (tertiary/aromatic N) is 1. The Morgan fingerprint density at radius 2 is 1.54 bits per heavy atom. The maximum Gasteiger partial charge on any atom is 0.416 e. The van der Waals surface area contributed by atoms with E-state index in [1.807, 2.05) is 0 Å². The number of carbonyl (C=O) groups is 2. The van der Waals surface area contributed by atoms with Crippen molar-refractivity contribution in [2.45, 2.75) is 12.1 Å². The molecule has 0 amide bonds. The van der Waals surface area contributed by atoms with Crippen LogP contribution in [0, 0.1) is 10.1 Å². The number of carbonyl (C=O) groups excluding carboxylic acids is 2. The topological polar surface area (TPSA) is 97.5 Å². The Bertz CT molecular complexity index is 1010. The fourth-order valence-corrected chi connectivity index (χ4v) is 3.12. The van der Waals surface area contributed by atoms with E-state index in [0.29, 0.717) is 0 Å². The number of halogens is 3. The van der Waals surface area contributed by atoms with Gasteiger partial charge in [-0.15, -0.1) is 0 Å². The second kappa shape index (κ2) is 6.91. The average molecular weight is 391 g/mol. The zero-order valence-electron chi connectivity index (χ0n) is 14.1. The molecule has 3 rings (SSSR count). The number of hydrogen-bond acceptors (Lipinski definition) is 5. The summed E-state index contributed by atoms with van der Waals surface area (Å²) in [4.78, 5) is 35.3. The van der Waals surface area contributed by atoms with Gasteiger partial charge in [-0.25, -0.2) is 0 Å². The van der Waals surface area contributed by atoms with Crippen molar-refractivity contribution >= 4 is 17.3 Å². The van der Waals surface area contributed by atoms with Crippen molar-refractivity contribution in [2.75, 3.05) is 6.54 Å². The monoisotopic (exact) mass is 391 g/mol. The number of hydrogen-bond donors (Lipinski definition) is 1. The molecule has 9 heteroatoms. The van der Waals surface area contributed by atoms with Gasteiger partial charge in [0.25, 0.3) is 0 Å². The van der Waals surface area contributed by atoms with Gasteiger partial charge in [0.2, 0.25) is 18.1 Å². The van der Waals surface area contributed by atoms with E-state index in [4.69, 9.17) is 0 Å². The fourth-order valence-electron chi connectivity index (χ4n) is 3.12. The molecule has 1 aliphatic rings.